The number of hydrogen-bond donors (Lipinski definition) is 1. The lowest BCUT2D eigenvalue weighted by molar-refractivity contribution is 0.0923. The lowest BCUT2D eigenvalue weighted by Gasteiger charge is -2.31. The maximum absolute atomic E-state index is 12.7. The number of amides is 1. The molecule has 0 spiro atoms. The number of halogens is 1. The SMILES string of the molecule is Cc1ccc(C(=O)NC2CCN(S(=O)(=O)c3ccc(Cl)cc3)CC2)cc1C. The van der Waals surface area contributed by atoms with Crippen LogP contribution >= 0.6 is 11.6 Å². The number of rotatable bonds is 4. The van der Waals surface area contributed by atoms with E-state index in [0.29, 0.717) is 36.5 Å². The van der Waals surface area contributed by atoms with E-state index in [-0.39, 0.29) is 16.8 Å². The summed E-state index contributed by atoms with van der Waals surface area (Å²) in [4.78, 5) is 12.7. The fourth-order valence-corrected chi connectivity index (χ4v) is 4.74. The number of sulfonamides is 1. The Balaban J connectivity index is 1.60. The van der Waals surface area contributed by atoms with Crippen LogP contribution in [0.1, 0.15) is 34.3 Å². The molecule has 27 heavy (non-hydrogen) atoms. The van der Waals surface area contributed by atoms with E-state index in [9.17, 15) is 13.2 Å². The topological polar surface area (TPSA) is 66.5 Å². The number of benzene rings is 2. The second-order valence-electron chi connectivity index (χ2n) is 6.90. The number of aryl methyl sites for hydroxylation is 2. The van der Waals surface area contributed by atoms with Gasteiger partial charge in [-0.1, -0.05) is 17.7 Å². The average Bonchev–Trinajstić information content (AvgIpc) is 2.64. The molecule has 3 rings (SSSR count). The Labute approximate surface area is 165 Å². The third-order valence-corrected chi connectivity index (χ3v) is 7.17. The van der Waals surface area contributed by atoms with Gasteiger partial charge in [0.25, 0.3) is 5.91 Å². The second-order valence-corrected chi connectivity index (χ2v) is 9.28. The highest BCUT2D eigenvalue weighted by Crippen LogP contribution is 2.22. The highest BCUT2D eigenvalue weighted by atomic mass is 35.5. The van der Waals surface area contributed by atoms with Crippen LogP contribution in [0.3, 0.4) is 0 Å². The van der Waals surface area contributed by atoms with Crippen LogP contribution in [0.15, 0.2) is 47.4 Å². The van der Waals surface area contributed by atoms with Crippen molar-refractivity contribution in [1.29, 1.82) is 0 Å². The van der Waals surface area contributed by atoms with Crippen LogP contribution in [-0.4, -0.2) is 37.8 Å². The van der Waals surface area contributed by atoms with Gasteiger partial charge in [-0.05, 0) is 74.2 Å². The molecule has 1 N–H and O–H groups in total. The van der Waals surface area contributed by atoms with Crippen molar-refractivity contribution in [1.82, 2.24) is 9.62 Å². The van der Waals surface area contributed by atoms with E-state index in [2.05, 4.69) is 5.32 Å². The number of piperidine rings is 1. The van der Waals surface area contributed by atoms with E-state index in [4.69, 9.17) is 11.6 Å². The van der Waals surface area contributed by atoms with Gasteiger partial charge in [0.05, 0.1) is 4.90 Å². The highest BCUT2D eigenvalue weighted by molar-refractivity contribution is 7.89. The fourth-order valence-electron chi connectivity index (χ4n) is 3.15. The van der Waals surface area contributed by atoms with Gasteiger partial charge < -0.3 is 5.32 Å². The minimum atomic E-state index is -3.53. The van der Waals surface area contributed by atoms with Gasteiger partial charge in [0.1, 0.15) is 0 Å². The van der Waals surface area contributed by atoms with Crippen LogP contribution in [0.25, 0.3) is 0 Å². The number of hydrogen-bond acceptors (Lipinski definition) is 3. The summed E-state index contributed by atoms with van der Waals surface area (Å²) >= 11 is 5.84. The molecule has 0 atom stereocenters. The molecule has 1 heterocycles. The molecule has 0 saturated carbocycles. The Morgan fingerprint density at radius 1 is 1.04 bits per heavy atom. The summed E-state index contributed by atoms with van der Waals surface area (Å²) in [6, 6.07) is 11.8. The second kappa shape index (κ2) is 8.00. The molecule has 0 aliphatic carbocycles. The molecular formula is C20H23ClN2O3S. The van der Waals surface area contributed by atoms with Crippen molar-refractivity contribution < 1.29 is 13.2 Å². The summed E-state index contributed by atoms with van der Waals surface area (Å²) < 4.78 is 26.9. The molecule has 0 bridgehead atoms. The van der Waals surface area contributed by atoms with Crippen molar-refractivity contribution in [3.8, 4) is 0 Å². The van der Waals surface area contributed by atoms with Gasteiger partial charge in [-0.3, -0.25) is 4.79 Å². The molecule has 2 aromatic rings. The van der Waals surface area contributed by atoms with E-state index >= 15 is 0 Å². The molecular weight excluding hydrogens is 384 g/mol. The van der Waals surface area contributed by atoms with Gasteiger partial charge >= 0.3 is 0 Å². The zero-order valence-electron chi connectivity index (χ0n) is 15.4. The van der Waals surface area contributed by atoms with Gasteiger partial charge in [-0.25, -0.2) is 8.42 Å². The molecule has 1 aliphatic heterocycles. The van der Waals surface area contributed by atoms with Crippen molar-refractivity contribution in [2.75, 3.05) is 13.1 Å². The van der Waals surface area contributed by atoms with Crippen LogP contribution in [0.5, 0.6) is 0 Å². The Kier molecular flexibility index (Phi) is 5.89. The Morgan fingerprint density at radius 2 is 1.67 bits per heavy atom. The predicted octanol–water partition coefficient (Wildman–Crippen LogP) is 3.54. The van der Waals surface area contributed by atoms with Crippen LogP contribution < -0.4 is 5.32 Å². The van der Waals surface area contributed by atoms with E-state index in [1.54, 1.807) is 12.1 Å². The normalized spacial score (nSPS) is 16.3. The maximum Gasteiger partial charge on any atom is 0.251 e. The average molecular weight is 407 g/mol. The van der Waals surface area contributed by atoms with Crippen LogP contribution in [0.2, 0.25) is 5.02 Å². The van der Waals surface area contributed by atoms with Gasteiger partial charge in [-0.15, -0.1) is 0 Å². The fraction of sp³-hybridized carbons (Fsp3) is 0.350. The standard InChI is InChI=1S/C20H23ClN2O3S/c1-14-3-4-16(13-15(14)2)20(24)22-18-9-11-23(12-10-18)27(25,26)19-7-5-17(21)6-8-19/h3-8,13,18H,9-12H2,1-2H3,(H,22,24). The van der Waals surface area contributed by atoms with Crippen molar-refractivity contribution >= 4 is 27.5 Å². The molecule has 0 radical (unpaired) electrons. The summed E-state index contributed by atoms with van der Waals surface area (Å²) in [5.74, 6) is -0.114. The Morgan fingerprint density at radius 3 is 2.26 bits per heavy atom. The molecule has 144 valence electrons. The van der Waals surface area contributed by atoms with Crippen LogP contribution in [0.4, 0.5) is 0 Å². The number of nitrogens with one attached hydrogen (secondary N) is 1. The third-order valence-electron chi connectivity index (χ3n) is 5.01. The molecule has 0 unspecified atom stereocenters. The van der Waals surface area contributed by atoms with Gasteiger partial charge in [-0.2, -0.15) is 4.31 Å². The maximum atomic E-state index is 12.7. The summed E-state index contributed by atoms with van der Waals surface area (Å²) in [5.41, 5.74) is 2.85. The Hall–Kier alpha value is -1.89. The summed E-state index contributed by atoms with van der Waals surface area (Å²) in [6.07, 6.45) is 1.17. The molecule has 0 aromatic heterocycles. The minimum Gasteiger partial charge on any atom is -0.349 e. The van der Waals surface area contributed by atoms with Crippen molar-refractivity contribution in [3.63, 3.8) is 0 Å². The Bertz CT molecular complexity index is 934. The first-order chi connectivity index (χ1) is 12.8. The third kappa shape index (κ3) is 4.51. The molecule has 1 fully saturated rings. The van der Waals surface area contributed by atoms with Gasteiger partial charge in [0.15, 0.2) is 0 Å². The number of carbonyl (C=O) groups excluding carboxylic acids is 1. The molecule has 2 aromatic carbocycles. The van der Waals surface area contributed by atoms with Gasteiger partial charge in [0.2, 0.25) is 10.0 Å². The zero-order chi connectivity index (χ0) is 19.6. The molecule has 1 saturated heterocycles. The van der Waals surface area contributed by atoms with Crippen LogP contribution in [-0.2, 0) is 10.0 Å². The quantitative estimate of drug-likeness (QED) is 0.844. The molecule has 5 nitrogen and oxygen atoms in total. The van der Waals surface area contributed by atoms with Crippen LogP contribution in [0, 0.1) is 13.8 Å². The largest absolute Gasteiger partial charge is 0.349 e. The smallest absolute Gasteiger partial charge is 0.251 e. The van der Waals surface area contributed by atoms with Gasteiger partial charge in [0, 0.05) is 29.7 Å². The molecule has 1 aliphatic rings. The van der Waals surface area contributed by atoms with E-state index in [1.165, 1.54) is 16.4 Å². The van der Waals surface area contributed by atoms with E-state index < -0.39 is 10.0 Å². The highest BCUT2D eigenvalue weighted by Gasteiger charge is 2.30. The van der Waals surface area contributed by atoms with E-state index in [0.717, 1.165) is 11.1 Å². The minimum absolute atomic E-state index is 0.0317. The van der Waals surface area contributed by atoms with Crippen molar-refractivity contribution in [2.24, 2.45) is 0 Å². The first kappa shape index (κ1) is 19.9. The van der Waals surface area contributed by atoms with Crippen molar-refractivity contribution in [2.45, 2.75) is 37.6 Å². The zero-order valence-corrected chi connectivity index (χ0v) is 17.0. The number of carbonyl (C=O) groups is 1. The lowest BCUT2D eigenvalue weighted by Crippen LogP contribution is -2.46. The summed E-state index contributed by atoms with van der Waals surface area (Å²) in [7, 11) is -3.53. The van der Waals surface area contributed by atoms with Crippen molar-refractivity contribution in [3.05, 3.63) is 64.2 Å². The first-order valence-corrected chi connectivity index (χ1v) is 10.7. The van der Waals surface area contributed by atoms with E-state index in [1.807, 2.05) is 32.0 Å². The number of nitrogens with zero attached hydrogens (tertiary/aromatic N) is 1. The summed E-state index contributed by atoms with van der Waals surface area (Å²) in [6.45, 7) is 4.74. The predicted molar refractivity (Wildman–Crippen MR) is 107 cm³/mol. The summed E-state index contributed by atoms with van der Waals surface area (Å²) in [5, 5.41) is 3.52. The lowest BCUT2D eigenvalue weighted by atomic mass is 10.0. The monoisotopic (exact) mass is 406 g/mol. The first-order valence-electron chi connectivity index (χ1n) is 8.91. The molecule has 1 amide bonds. The molecule has 7 heteroatoms.